The second-order valence-electron chi connectivity index (χ2n) is 6.07. The van der Waals surface area contributed by atoms with Crippen molar-refractivity contribution in [2.24, 2.45) is 5.41 Å². The van der Waals surface area contributed by atoms with Crippen LogP contribution in [0.3, 0.4) is 0 Å². The summed E-state index contributed by atoms with van der Waals surface area (Å²) in [4.78, 5) is 10.3. The van der Waals surface area contributed by atoms with Gasteiger partial charge in [0.05, 0.1) is 11.0 Å². The van der Waals surface area contributed by atoms with Gasteiger partial charge < -0.3 is 10.1 Å². The second kappa shape index (κ2) is 5.50. The van der Waals surface area contributed by atoms with E-state index in [1.807, 2.05) is 12.1 Å². The summed E-state index contributed by atoms with van der Waals surface area (Å²) in [5, 5.41) is 14.2. The van der Waals surface area contributed by atoms with E-state index in [1.165, 1.54) is 0 Å². The largest absolute Gasteiger partial charge is 0.381 e. The molecule has 0 aromatic heterocycles. The lowest BCUT2D eigenvalue weighted by Gasteiger charge is -2.52. The van der Waals surface area contributed by atoms with Gasteiger partial charge in [-0.3, -0.25) is 10.1 Å². The number of nitro groups is 1. The van der Waals surface area contributed by atoms with Crippen molar-refractivity contribution in [3.05, 3.63) is 39.9 Å². The van der Waals surface area contributed by atoms with Crippen LogP contribution >= 0.6 is 0 Å². The molecule has 0 heterocycles. The molecule has 110 valence electrons. The Bertz CT molecular complexity index is 484. The van der Waals surface area contributed by atoms with Gasteiger partial charge in [0.25, 0.3) is 5.69 Å². The average molecular weight is 278 g/mol. The highest BCUT2D eigenvalue weighted by molar-refractivity contribution is 5.34. The van der Waals surface area contributed by atoms with Crippen molar-refractivity contribution in [2.45, 2.75) is 45.4 Å². The van der Waals surface area contributed by atoms with Crippen LogP contribution in [0.4, 0.5) is 5.69 Å². The van der Waals surface area contributed by atoms with Crippen LogP contribution in [0.2, 0.25) is 0 Å². The summed E-state index contributed by atoms with van der Waals surface area (Å²) in [6, 6.07) is 7.30. The normalized spacial score (nSPS) is 25.8. The van der Waals surface area contributed by atoms with Crippen LogP contribution in [0.5, 0.6) is 0 Å². The Kier molecular flexibility index (Phi) is 4.11. The maximum atomic E-state index is 10.6. The summed E-state index contributed by atoms with van der Waals surface area (Å²) in [7, 11) is 1.75. The van der Waals surface area contributed by atoms with Crippen LogP contribution < -0.4 is 5.32 Å². The van der Waals surface area contributed by atoms with Crippen LogP contribution in [0.25, 0.3) is 0 Å². The molecule has 3 atom stereocenters. The first-order valence-corrected chi connectivity index (χ1v) is 6.89. The molecule has 0 radical (unpaired) electrons. The molecule has 1 saturated carbocycles. The van der Waals surface area contributed by atoms with Gasteiger partial charge >= 0.3 is 0 Å². The minimum atomic E-state index is -0.375. The van der Waals surface area contributed by atoms with Crippen molar-refractivity contribution >= 4 is 5.69 Å². The highest BCUT2D eigenvalue weighted by atomic mass is 16.6. The van der Waals surface area contributed by atoms with E-state index in [2.05, 4.69) is 26.1 Å². The minimum absolute atomic E-state index is 0.115. The topological polar surface area (TPSA) is 64.4 Å². The van der Waals surface area contributed by atoms with Crippen molar-refractivity contribution < 1.29 is 9.66 Å². The lowest BCUT2D eigenvalue weighted by molar-refractivity contribution is -0.384. The summed E-state index contributed by atoms with van der Waals surface area (Å²) < 4.78 is 5.45. The van der Waals surface area contributed by atoms with Crippen LogP contribution in [-0.4, -0.2) is 24.2 Å². The number of benzene rings is 1. The molecule has 3 unspecified atom stereocenters. The highest BCUT2D eigenvalue weighted by Gasteiger charge is 2.48. The molecule has 1 fully saturated rings. The molecule has 1 aromatic carbocycles. The van der Waals surface area contributed by atoms with E-state index in [9.17, 15) is 10.1 Å². The zero-order valence-corrected chi connectivity index (χ0v) is 12.4. The zero-order chi connectivity index (χ0) is 14.9. The minimum Gasteiger partial charge on any atom is -0.381 e. The Labute approximate surface area is 119 Å². The molecular formula is C15H22N2O3. The first-order chi connectivity index (χ1) is 9.36. The van der Waals surface area contributed by atoms with Crippen LogP contribution in [0.1, 0.15) is 38.8 Å². The van der Waals surface area contributed by atoms with Gasteiger partial charge in [-0.05, 0) is 18.9 Å². The molecule has 0 aliphatic heterocycles. The first-order valence-electron chi connectivity index (χ1n) is 6.89. The van der Waals surface area contributed by atoms with E-state index in [4.69, 9.17) is 4.74 Å². The summed E-state index contributed by atoms with van der Waals surface area (Å²) in [6.07, 6.45) is 1.30. The van der Waals surface area contributed by atoms with Gasteiger partial charge in [0.2, 0.25) is 0 Å². The Morgan fingerprint density at radius 2 is 2.00 bits per heavy atom. The van der Waals surface area contributed by atoms with E-state index >= 15 is 0 Å². The molecule has 5 nitrogen and oxygen atoms in total. The summed E-state index contributed by atoms with van der Waals surface area (Å²) in [5.74, 6) is 0. The second-order valence-corrected chi connectivity index (χ2v) is 6.07. The average Bonchev–Trinajstić information content (AvgIpc) is 2.42. The Morgan fingerprint density at radius 1 is 1.40 bits per heavy atom. The lowest BCUT2D eigenvalue weighted by atomic mass is 9.64. The molecule has 1 aliphatic carbocycles. The number of hydrogen-bond acceptors (Lipinski definition) is 4. The molecule has 1 aliphatic rings. The Balaban J connectivity index is 1.99. The van der Waals surface area contributed by atoms with Gasteiger partial charge in [0.15, 0.2) is 0 Å². The van der Waals surface area contributed by atoms with E-state index in [0.29, 0.717) is 12.1 Å². The fourth-order valence-corrected chi connectivity index (χ4v) is 2.85. The predicted molar refractivity (Wildman–Crippen MR) is 77.6 cm³/mol. The van der Waals surface area contributed by atoms with Crippen molar-refractivity contribution in [1.29, 1.82) is 0 Å². The van der Waals surface area contributed by atoms with Crippen LogP contribution in [-0.2, 0) is 4.74 Å². The molecule has 0 saturated heterocycles. The molecule has 1 N–H and O–H groups in total. The lowest BCUT2D eigenvalue weighted by Crippen LogP contribution is -2.60. The van der Waals surface area contributed by atoms with Gasteiger partial charge in [-0.1, -0.05) is 26.0 Å². The number of nitrogens with zero attached hydrogens (tertiary/aromatic N) is 1. The third-order valence-corrected chi connectivity index (χ3v) is 4.52. The SMILES string of the molecule is COC1CC(NC(C)c2ccc([N+](=O)[O-])cc2)C1(C)C. The standard InChI is InChI=1S/C15H22N2O3/c1-10(11-5-7-12(8-6-11)17(18)19)16-13-9-14(20-4)15(13,2)3/h5-8,10,13-14,16H,9H2,1-4H3. The first kappa shape index (κ1) is 14.9. The predicted octanol–water partition coefficient (Wildman–Crippen LogP) is 3.06. The monoisotopic (exact) mass is 278 g/mol. The number of non-ortho nitro benzene ring substituents is 1. The Morgan fingerprint density at radius 3 is 2.45 bits per heavy atom. The molecule has 0 spiro atoms. The number of nitro benzene ring substituents is 1. The van der Waals surface area contributed by atoms with Crippen LogP contribution in [0, 0.1) is 15.5 Å². The number of hydrogen-bond donors (Lipinski definition) is 1. The molecule has 2 rings (SSSR count). The van der Waals surface area contributed by atoms with E-state index in [0.717, 1.165) is 12.0 Å². The summed E-state index contributed by atoms with van der Waals surface area (Å²) in [5.41, 5.74) is 1.31. The van der Waals surface area contributed by atoms with Gasteiger partial charge in [0, 0.05) is 36.7 Å². The van der Waals surface area contributed by atoms with Crippen molar-refractivity contribution in [1.82, 2.24) is 5.32 Å². The number of ether oxygens (including phenoxy) is 1. The molecule has 1 aromatic rings. The fraction of sp³-hybridized carbons (Fsp3) is 0.600. The quantitative estimate of drug-likeness (QED) is 0.664. The zero-order valence-electron chi connectivity index (χ0n) is 12.4. The molecule has 0 amide bonds. The van der Waals surface area contributed by atoms with Crippen molar-refractivity contribution in [3.63, 3.8) is 0 Å². The number of methoxy groups -OCH3 is 1. The Hall–Kier alpha value is -1.46. The molecular weight excluding hydrogens is 256 g/mol. The molecule has 5 heteroatoms. The van der Waals surface area contributed by atoms with E-state index < -0.39 is 0 Å². The molecule has 20 heavy (non-hydrogen) atoms. The summed E-state index contributed by atoms with van der Waals surface area (Å²) >= 11 is 0. The number of nitrogens with one attached hydrogen (secondary N) is 1. The maximum absolute atomic E-state index is 10.6. The maximum Gasteiger partial charge on any atom is 0.269 e. The number of rotatable bonds is 5. The molecule has 0 bridgehead atoms. The third kappa shape index (κ3) is 2.69. The van der Waals surface area contributed by atoms with E-state index in [1.54, 1.807) is 19.2 Å². The third-order valence-electron chi connectivity index (χ3n) is 4.52. The van der Waals surface area contributed by atoms with Gasteiger partial charge in [-0.25, -0.2) is 0 Å². The summed E-state index contributed by atoms with van der Waals surface area (Å²) in [6.45, 7) is 6.48. The van der Waals surface area contributed by atoms with Gasteiger partial charge in [-0.2, -0.15) is 0 Å². The highest BCUT2D eigenvalue weighted by Crippen LogP contribution is 2.43. The smallest absolute Gasteiger partial charge is 0.269 e. The van der Waals surface area contributed by atoms with Crippen molar-refractivity contribution in [2.75, 3.05) is 7.11 Å². The van der Waals surface area contributed by atoms with Gasteiger partial charge in [0.1, 0.15) is 0 Å². The van der Waals surface area contributed by atoms with Crippen molar-refractivity contribution in [3.8, 4) is 0 Å². The van der Waals surface area contributed by atoms with Gasteiger partial charge in [-0.15, -0.1) is 0 Å². The van der Waals surface area contributed by atoms with E-state index in [-0.39, 0.29) is 22.1 Å². The van der Waals surface area contributed by atoms with Crippen LogP contribution in [0.15, 0.2) is 24.3 Å². The fourth-order valence-electron chi connectivity index (χ4n) is 2.85.